The maximum atomic E-state index is 14.6. The molecule has 2 N–H and O–H groups in total. The molecule has 9 heteroatoms. The lowest BCUT2D eigenvalue weighted by atomic mass is 10.1. The van der Waals surface area contributed by atoms with Gasteiger partial charge in [0.1, 0.15) is 12.2 Å². The van der Waals surface area contributed by atoms with E-state index in [2.05, 4.69) is 20.4 Å². The number of nitrogens with two attached hydrogens (primary N) is 1. The van der Waals surface area contributed by atoms with Crippen molar-refractivity contribution in [3.63, 3.8) is 0 Å². The molecule has 0 aliphatic rings. The molecule has 1 unspecified atom stereocenters. The summed E-state index contributed by atoms with van der Waals surface area (Å²) in [6, 6.07) is 4.77. The molecule has 1 aromatic carbocycles. The van der Waals surface area contributed by atoms with Gasteiger partial charge in [-0.1, -0.05) is 11.3 Å². The Hall–Kier alpha value is -3.10. The molecule has 4 rings (SSSR count). The van der Waals surface area contributed by atoms with E-state index in [0.29, 0.717) is 33.4 Å². The molecule has 1 atom stereocenters. The molecular weight excluding hydrogens is 328 g/mol. The van der Waals surface area contributed by atoms with E-state index in [1.807, 2.05) is 0 Å². The first-order chi connectivity index (χ1) is 12.0. The molecule has 0 saturated heterocycles. The fourth-order valence-electron chi connectivity index (χ4n) is 3.00. The highest BCUT2D eigenvalue weighted by Gasteiger charge is 2.19. The van der Waals surface area contributed by atoms with Crippen LogP contribution in [0.25, 0.3) is 27.7 Å². The third kappa shape index (κ3) is 2.31. The number of halogens is 2. The van der Waals surface area contributed by atoms with E-state index < -0.39 is 18.5 Å². The van der Waals surface area contributed by atoms with Crippen molar-refractivity contribution in [2.75, 3.05) is 12.4 Å². The Balaban J connectivity index is 1.99. The minimum atomic E-state index is -0.571. The quantitative estimate of drug-likeness (QED) is 0.618. The van der Waals surface area contributed by atoms with Crippen molar-refractivity contribution in [1.29, 1.82) is 0 Å². The molecular formula is C16H15F2N7. The average Bonchev–Trinajstić information content (AvgIpc) is 3.13. The number of aromatic nitrogens is 6. The highest BCUT2D eigenvalue weighted by Crippen LogP contribution is 2.32. The van der Waals surface area contributed by atoms with E-state index in [1.54, 1.807) is 32.0 Å². The summed E-state index contributed by atoms with van der Waals surface area (Å²) in [6.45, 7) is 2.88. The van der Waals surface area contributed by atoms with Crippen molar-refractivity contribution in [3.8, 4) is 11.1 Å². The predicted octanol–water partition coefficient (Wildman–Crippen LogP) is 2.70. The Morgan fingerprint density at radius 2 is 2.12 bits per heavy atom. The topological polar surface area (TPSA) is 86.9 Å². The summed E-state index contributed by atoms with van der Waals surface area (Å²) in [5.41, 5.74) is 8.95. The van der Waals surface area contributed by atoms with Gasteiger partial charge < -0.3 is 5.73 Å². The van der Waals surface area contributed by atoms with E-state index in [4.69, 9.17) is 5.73 Å². The van der Waals surface area contributed by atoms with Crippen LogP contribution in [-0.2, 0) is 0 Å². The third-order valence-electron chi connectivity index (χ3n) is 4.18. The zero-order valence-electron chi connectivity index (χ0n) is 13.6. The molecule has 7 nitrogen and oxygen atoms in total. The molecule has 3 aromatic heterocycles. The number of fused-ring (bicyclic) bond motifs is 2. The first-order valence-electron chi connectivity index (χ1n) is 7.72. The summed E-state index contributed by atoms with van der Waals surface area (Å²) in [5.74, 6) is -0.374. The standard InChI is InChI=1S/C16H15F2N7/c1-8(6-17)25-13-5-10(3-4-12(13)21-23-25)14-11(18)7-24-15(14)9(2)20-16(19)22-24/h3-5,7-8H,6H2,1-2H3,(H2,19,22). The van der Waals surface area contributed by atoms with Crippen LogP contribution in [-0.4, -0.2) is 36.3 Å². The lowest BCUT2D eigenvalue weighted by Crippen LogP contribution is -2.08. The van der Waals surface area contributed by atoms with Gasteiger partial charge in [0.05, 0.1) is 29.0 Å². The van der Waals surface area contributed by atoms with Crippen molar-refractivity contribution in [3.05, 3.63) is 35.9 Å². The van der Waals surface area contributed by atoms with Gasteiger partial charge in [-0.15, -0.1) is 10.2 Å². The lowest BCUT2D eigenvalue weighted by Gasteiger charge is -2.09. The molecule has 0 aliphatic heterocycles. The van der Waals surface area contributed by atoms with Crippen LogP contribution in [0.1, 0.15) is 18.7 Å². The fourth-order valence-corrected chi connectivity index (χ4v) is 3.00. The SMILES string of the molecule is Cc1nc(N)nn2cc(F)c(-c3ccc4nnn(C(C)CF)c4c3)c12. The summed E-state index contributed by atoms with van der Waals surface area (Å²) >= 11 is 0. The highest BCUT2D eigenvalue weighted by atomic mass is 19.1. The second-order valence-corrected chi connectivity index (χ2v) is 5.94. The van der Waals surface area contributed by atoms with Crippen molar-refractivity contribution in [2.24, 2.45) is 0 Å². The van der Waals surface area contributed by atoms with Gasteiger partial charge in [0.15, 0.2) is 5.82 Å². The zero-order valence-corrected chi connectivity index (χ0v) is 13.6. The van der Waals surface area contributed by atoms with E-state index in [-0.39, 0.29) is 5.95 Å². The van der Waals surface area contributed by atoms with E-state index in [0.717, 1.165) is 0 Å². The van der Waals surface area contributed by atoms with Gasteiger partial charge in [-0.25, -0.2) is 23.0 Å². The monoisotopic (exact) mass is 343 g/mol. The highest BCUT2D eigenvalue weighted by molar-refractivity contribution is 5.88. The number of nitrogen functional groups attached to an aromatic ring is 1. The van der Waals surface area contributed by atoms with Crippen LogP contribution in [0.15, 0.2) is 24.4 Å². The smallest absolute Gasteiger partial charge is 0.238 e. The van der Waals surface area contributed by atoms with Gasteiger partial charge in [-0.2, -0.15) is 0 Å². The van der Waals surface area contributed by atoms with E-state index in [1.165, 1.54) is 15.4 Å². The van der Waals surface area contributed by atoms with Gasteiger partial charge in [0, 0.05) is 5.56 Å². The number of hydrogen-bond donors (Lipinski definition) is 1. The summed E-state index contributed by atoms with van der Waals surface area (Å²) in [7, 11) is 0. The Labute approximate surface area is 141 Å². The Morgan fingerprint density at radius 3 is 2.88 bits per heavy atom. The molecule has 4 aromatic rings. The van der Waals surface area contributed by atoms with Crippen LogP contribution in [0.3, 0.4) is 0 Å². The minimum Gasteiger partial charge on any atom is -0.367 e. The number of benzene rings is 1. The van der Waals surface area contributed by atoms with E-state index >= 15 is 0 Å². The number of hydrogen-bond acceptors (Lipinski definition) is 5. The second-order valence-electron chi connectivity index (χ2n) is 5.94. The first kappa shape index (κ1) is 15.4. The maximum Gasteiger partial charge on any atom is 0.238 e. The third-order valence-corrected chi connectivity index (χ3v) is 4.18. The molecule has 0 radical (unpaired) electrons. The molecule has 0 bridgehead atoms. The molecule has 3 heterocycles. The average molecular weight is 343 g/mol. The first-order valence-corrected chi connectivity index (χ1v) is 7.72. The fraction of sp³-hybridized carbons (Fsp3) is 0.250. The van der Waals surface area contributed by atoms with Gasteiger partial charge >= 0.3 is 0 Å². The second kappa shape index (κ2) is 5.47. The molecule has 25 heavy (non-hydrogen) atoms. The molecule has 0 spiro atoms. The normalized spacial score (nSPS) is 13.0. The Kier molecular flexibility index (Phi) is 3.38. The maximum absolute atomic E-state index is 14.6. The zero-order chi connectivity index (χ0) is 17.7. The van der Waals surface area contributed by atoms with Gasteiger partial charge in [-0.05, 0) is 31.5 Å². The van der Waals surface area contributed by atoms with Gasteiger partial charge in [0.2, 0.25) is 5.95 Å². The largest absolute Gasteiger partial charge is 0.367 e. The predicted molar refractivity (Wildman–Crippen MR) is 89.3 cm³/mol. The van der Waals surface area contributed by atoms with E-state index in [9.17, 15) is 8.78 Å². The summed E-state index contributed by atoms with van der Waals surface area (Å²) < 4.78 is 30.5. The molecule has 0 fully saturated rings. The molecule has 0 saturated carbocycles. The van der Waals surface area contributed by atoms with Crippen LogP contribution >= 0.6 is 0 Å². The minimum absolute atomic E-state index is 0.0704. The summed E-state index contributed by atoms with van der Waals surface area (Å²) in [5, 5.41) is 12.0. The van der Waals surface area contributed by atoms with Gasteiger partial charge in [0.25, 0.3) is 0 Å². The van der Waals surface area contributed by atoms with Crippen molar-refractivity contribution in [2.45, 2.75) is 19.9 Å². The van der Waals surface area contributed by atoms with Crippen molar-refractivity contribution < 1.29 is 8.78 Å². The van der Waals surface area contributed by atoms with Crippen LogP contribution in [0.5, 0.6) is 0 Å². The number of alkyl halides is 1. The molecule has 0 aliphatic carbocycles. The Bertz CT molecular complexity index is 1100. The van der Waals surface area contributed by atoms with Crippen LogP contribution in [0, 0.1) is 12.7 Å². The van der Waals surface area contributed by atoms with Gasteiger partial charge in [-0.3, -0.25) is 0 Å². The lowest BCUT2D eigenvalue weighted by molar-refractivity contribution is 0.357. The van der Waals surface area contributed by atoms with Crippen molar-refractivity contribution in [1.82, 2.24) is 29.6 Å². The van der Waals surface area contributed by atoms with Crippen LogP contribution in [0.4, 0.5) is 14.7 Å². The number of rotatable bonds is 3. The number of aryl methyl sites for hydroxylation is 1. The molecule has 128 valence electrons. The number of nitrogens with zero attached hydrogens (tertiary/aromatic N) is 6. The molecule has 0 amide bonds. The summed E-state index contributed by atoms with van der Waals surface area (Å²) in [4.78, 5) is 4.11. The van der Waals surface area contributed by atoms with Crippen molar-refractivity contribution >= 4 is 22.5 Å². The summed E-state index contributed by atoms with van der Waals surface area (Å²) in [6.07, 6.45) is 1.26. The number of anilines is 1. The Morgan fingerprint density at radius 1 is 1.32 bits per heavy atom. The van der Waals surface area contributed by atoms with Crippen LogP contribution < -0.4 is 5.73 Å². The van der Waals surface area contributed by atoms with Crippen LogP contribution in [0.2, 0.25) is 0 Å².